The molecule has 0 spiro atoms. The summed E-state index contributed by atoms with van der Waals surface area (Å²) in [6, 6.07) is 5.94. The molecule has 25 heavy (non-hydrogen) atoms. The number of nitro benzene ring substituents is 1. The second-order valence-corrected chi connectivity index (χ2v) is 7.15. The van der Waals surface area contributed by atoms with Crippen LogP contribution in [0.5, 0.6) is 0 Å². The first-order valence-corrected chi connectivity index (χ1v) is 9.01. The van der Waals surface area contributed by atoms with Crippen LogP contribution in [0.25, 0.3) is 0 Å². The number of hydrogen-bond donors (Lipinski definition) is 0. The van der Waals surface area contributed by atoms with Gasteiger partial charge in [-0.3, -0.25) is 19.7 Å². The van der Waals surface area contributed by atoms with Crippen LogP contribution in [0.1, 0.15) is 34.6 Å². The quantitative estimate of drug-likeness (QED) is 0.303. The molecule has 0 aliphatic heterocycles. The summed E-state index contributed by atoms with van der Waals surface area (Å²) in [4.78, 5) is 36.9. The Hall–Kier alpha value is -2.09. The van der Waals surface area contributed by atoms with E-state index in [9.17, 15) is 19.7 Å². The zero-order chi connectivity index (χ0) is 19.1. The number of non-ortho nitro benzene ring substituents is 1. The van der Waals surface area contributed by atoms with Crippen LogP contribution in [0.2, 0.25) is 0 Å². The van der Waals surface area contributed by atoms with Gasteiger partial charge in [0.25, 0.3) is 11.6 Å². The summed E-state index contributed by atoms with van der Waals surface area (Å²) in [6.07, 6.45) is -0.852. The van der Waals surface area contributed by atoms with Gasteiger partial charge < -0.3 is 9.64 Å². The summed E-state index contributed by atoms with van der Waals surface area (Å²) < 4.78 is 5.22. The highest BCUT2D eigenvalue weighted by Gasteiger charge is 2.27. The van der Waals surface area contributed by atoms with Gasteiger partial charge in [0.15, 0.2) is 6.10 Å². The highest BCUT2D eigenvalue weighted by molar-refractivity contribution is 8.00. The molecule has 0 bridgehead atoms. The van der Waals surface area contributed by atoms with Crippen LogP contribution in [0.4, 0.5) is 5.69 Å². The molecule has 1 atom stereocenters. The molecular weight excluding hydrogens is 344 g/mol. The van der Waals surface area contributed by atoms with Gasteiger partial charge in [0, 0.05) is 29.1 Å². The maximum Gasteiger partial charge on any atom is 0.317 e. The van der Waals surface area contributed by atoms with Crippen molar-refractivity contribution in [3.8, 4) is 0 Å². The molecule has 0 fully saturated rings. The minimum atomic E-state index is -0.852. The third-order valence-electron chi connectivity index (χ3n) is 3.43. The maximum atomic E-state index is 12.4. The van der Waals surface area contributed by atoms with Gasteiger partial charge in [-0.05, 0) is 46.8 Å². The van der Waals surface area contributed by atoms with Gasteiger partial charge in [0.2, 0.25) is 0 Å². The Morgan fingerprint density at radius 1 is 1.12 bits per heavy atom. The topological polar surface area (TPSA) is 89.8 Å². The predicted octanol–water partition coefficient (Wildman–Crippen LogP) is 3.26. The van der Waals surface area contributed by atoms with Crippen molar-refractivity contribution in [3.05, 3.63) is 34.4 Å². The largest absolute Gasteiger partial charge is 0.452 e. The number of carbonyl (C=O) groups is 2. The number of amides is 1. The van der Waals surface area contributed by atoms with Crippen molar-refractivity contribution in [2.75, 3.05) is 5.75 Å². The van der Waals surface area contributed by atoms with Gasteiger partial charge in [0.1, 0.15) is 0 Å². The lowest BCUT2D eigenvalue weighted by atomic mass is 10.2. The lowest BCUT2D eigenvalue weighted by molar-refractivity contribution is -0.384. The molecule has 0 aliphatic carbocycles. The van der Waals surface area contributed by atoms with E-state index in [1.54, 1.807) is 24.0 Å². The van der Waals surface area contributed by atoms with Crippen molar-refractivity contribution in [2.24, 2.45) is 0 Å². The van der Waals surface area contributed by atoms with Crippen LogP contribution < -0.4 is 0 Å². The Labute approximate surface area is 151 Å². The molecule has 1 rings (SSSR count). The fourth-order valence-corrected chi connectivity index (χ4v) is 3.08. The Bertz CT molecular complexity index is 608. The first kappa shape index (κ1) is 21.0. The third kappa shape index (κ3) is 6.38. The Morgan fingerprint density at radius 3 is 2.08 bits per heavy atom. The Balaban J connectivity index is 2.55. The van der Waals surface area contributed by atoms with Crippen LogP contribution in [0, 0.1) is 10.1 Å². The Kier molecular flexibility index (Phi) is 7.89. The second-order valence-electron chi connectivity index (χ2n) is 6.10. The molecule has 7 nitrogen and oxygen atoms in total. The standard InChI is InChI=1S/C17H24N2O5S/c1-11(2)18(12(3)4)17(21)13(5)24-16(20)10-25-15-8-6-14(7-9-15)19(22)23/h6-9,11-13H,10H2,1-5H3/t13-/m0/s1. The molecule has 1 aromatic carbocycles. The maximum absolute atomic E-state index is 12.4. The molecule has 0 saturated heterocycles. The average molecular weight is 368 g/mol. The molecule has 1 amide bonds. The summed E-state index contributed by atoms with van der Waals surface area (Å²) in [5, 5.41) is 10.6. The number of thioether (sulfide) groups is 1. The average Bonchev–Trinajstić information content (AvgIpc) is 2.52. The summed E-state index contributed by atoms with van der Waals surface area (Å²) >= 11 is 1.20. The van der Waals surface area contributed by atoms with Crippen LogP contribution >= 0.6 is 11.8 Å². The number of nitrogens with zero attached hydrogens (tertiary/aromatic N) is 2. The highest BCUT2D eigenvalue weighted by Crippen LogP contribution is 2.21. The van der Waals surface area contributed by atoms with E-state index in [0.29, 0.717) is 4.90 Å². The van der Waals surface area contributed by atoms with Crippen molar-refractivity contribution in [1.29, 1.82) is 0 Å². The van der Waals surface area contributed by atoms with Crippen molar-refractivity contribution in [1.82, 2.24) is 4.90 Å². The van der Waals surface area contributed by atoms with Gasteiger partial charge in [-0.15, -0.1) is 11.8 Å². The monoisotopic (exact) mass is 368 g/mol. The first-order valence-electron chi connectivity index (χ1n) is 8.02. The van der Waals surface area contributed by atoms with E-state index in [2.05, 4.69) is 0 Å². The van der Waals surface area contributed by atoms with Gasteiger partial charge in [0.05, 0.1) is 10.7 Å². The molecule has 0 heterocycles. The summed E-state index contributed by atoms with van der Waals surface area (Å²) in [6.45, 7) is 9.22. The summed E-state index contributed by atoms with van der Waals surface area (Å²) in [5.41, 5.74) is -0.00592. The minimum absolute atomic E-state index is 0.00592. The number of rotatable bonds is 8. The molecule has 8 heteroatoms. The van der Waals surface area contributed by atoms with E-state index in [1.165, 1.54) is 23.9 Å². The summed E-state index contributed by atoms with van der Waals surface area (Å²) in [5.74, 6) is -0.700. The summed E-state index contributed by atoms with van der Waals surface area (Å²) in [7, 11) is 0. The van der Waals surface area contributed by atoms with Gasteiger partial charge in [-0.2, -0.15) is 0 Å². The lowest BCUT2D eigenvalue weighted by Crippen LogP contribution is -2.47. The first-order chi connectivity index (χ1) is 11.6. The normalized spacial score (nSPS) is 12.1. The zero-order valence-electron chi connectivity index (χ0n) is 15.1. The van der Waals surface area contributed by atoms with Crippen LogP contribution in [0.3, 0.4) is 0 Å². The number of nitro groups is 1. The number of hydrogen-bond acceptors (Lipinski definition) is 6. The van der Waals surface area contributed by atoms with E-state index in [4.69, 9.17) is 4.74 Å². The highest BCUT2D eigenvalue weighted by atomic mass is 32.2. The van der Waals surface area contributed by atoms with Gasteiger partial charge in [-0.1, -0.05) is 0 Å². The van der Waals surface area contributed by atoms with E-state index < -0.39 is 17.0 Å². The second kappa shape index (κ2) is 9.41. The van der Waals surface area contributed by atoms with Gasteiger partial charge >= 0.3 is 5.97 Å². The molecule has 0 aliphatic rings. The number of benzene rings is 1. The zero-order valence-corrected chi connectivity index (χ0v) is 15.9. The number of carbonyl (C=O) groups excluding carboxylic acids is 2. The fourth-order valence-electron chi connectivity index (χ4n) is 2.40. The van der Waals surface area contributed by atoms with Crippen LogP contribution in [-0.4, -0.2) is 45.6 Å². The van der Waals surface area contributed by atoms with Crippen LogP contribution in [-0.2, 0) is 14.3 Å². The molecule has 1 aromatic rings. The van der Waals surface area contributed by atoms with E-state index in [1.807, 2.05) is 27.7 Å². The Morgan fingerprint density at radius 2 is 1.64 bits per heavy atom. The SMILES string of the molecule is CC(C)N(C(=O)[C@H](C)OC(=O)CSc1ccc([N+](=O)[O-])cc1)C(C)C. The van der Waals surface area contributed by atoms with Crippen molar-refractivity contribution >= 4 is 29.3 Å². The predicted molar refractivity (Wildman–Crippen MR) is 96.5 cm³/mol. The van der Waals surface area contributed by atoms with Crippen molar-refractivity contribution in [3.63, 3.8) is 0 Å². The fraction of sp³-hybridized carbons (Fsp3) is 0.529. The van der Waals surface area contributed by atoms with E-state index in [0.717, 1.165) is 0 Å². The molecule has 0 aromatic heterocycles. The molecule has 0 unspecified atom stereocenters. The third-order valence-corrected chi connectivity index (χ3v) is 4.41. The lowest BCUT2D eigenvalue weighted by Gasteiger charge is -2.32. The van der Waals surface area contributed by atoms with Crippen molar-refractivity contribution < 1.29 is 19.2 Å². The molecule has 0 radical (unpaired) electrons. The molecule has 0 N–H and O–H groups in total. The number of esters is 1. The van der Waals surface area contributed by atoms with Crippen LogP contribution in [0.15, 0.2) is 29.2 Å². The molecule has 138 valence electrons. The molecule has 0 saturated carbocycles. The van der Waals surface area contributed by atoms with Crippen molar-refractivity contribution in [2.45, 2.75) is 57.7 Å². The minimum Gasteiger partial charge on any atom is -0.452 e. The smallest absolute Gasteiger partial charge is 0.317 e. The molecular formula is C17H24N2O5S. The van der Waals surface area contributed by atoms with E-state index in [-0.39, 0.29) is 29.4 Å². The van der Waals surface area contributed by atoms with E-state index >= 15 is 0 Å². The number of ether oxygens (including phenoxy) is 1. The van der Waals surface area contributed by atoms with Gasteiger partial charge in [-0.25, -0.2) is 0 Å².